The Labute approximate surface area is 149 Å². The Morgan fingerprint density at radius 1 is 1.24 bits per heavy atom. The number of nitrogens with zero attached hydrogens (tertiary/aromatic N) is 2. The van der Waals surface area contributed by atoms with Gasteiger partial charge in [0.2, 0.25) is 5.91 Å². The summed E-state index contributed by atoms with van der Waals surface area (Å²) in [5, 5.41) is 0. The minimum absolute atomic E-state index is 0.0897. The molecule has 0 radical (unpaired) electrons. The van der Waals surface area contributed by atoms with E-state index < -0.39 is 0 Å². The smallest absolute Gasteiger partial charge is 0.248 e. The predicted octanol–water partition coefficient (Wildman–Crippen LogP) is 1.39. The van der Waals surface area contributed by atoms with Gasteiger partial charge in [-0.1, -0.05) is 12.1 Å². The van der Waals surface area contributed by atoms with Crippen LogP contribution in [0.3, 0.4) is 0 Å². The lowest BCUT2D eigenvalue weighted by Gasteiger charge is -2.41. The monoisotopic (exact) mass is 348 g/mol. The lowest BCUT2D eigenvalue weighted by Crippen LogP contribution is -2.52. The number of amides is 1. The Hall–Kier alpha value is -1.63. The van der Waals surface area contributed by atoms with E-state index in [0.717, 1.165) is 31.8 Å². The number of fused-ring (bicyclic) bond motifs is 1. The molecule has 0 aromatic heterocycles. The van der Waals surface area contributed by atoms with Crippen molar-refractivity contribution >= 4 is 5.91 Å². The highest BCUT2D eigenvalue weighted by molar-refractivity contribution is 5.77. The van der Waals surface area contributed by atoms with Crippen molar-refractivity contribution < 1.29 is 19.0 Å². The molecule has 2 heterocycles. The highest BCUT2D eigenvalue weighted by Gasteiger charge is 2.36. The van der Waals surface area contributed by atoms with Crippen molar-refractivity contribution in [3.8, 4) is 5.75 Å². The van der Waals surface area contributed by atoms with Crippen molar-refractivity contribution in [2.24, 2.45) is 5.92 Å². The number of likely N-dealkylation sites (N-methyl/N-ethyl adjacent to an activating group) is 1. The predicted molar refractivity (Wildman–Crippen MR) is 94.6 cm³/mol. The van der Waals surface area contributed by atoms with E-state index in [1.165, 1.54) is 5.56 Å². The molecule has 0 spiro atoms. The second-order valence-corrected chi connectivity index (χ2v) is 6.86. The number of hydrogen-bond acceptors (Lipinski definition) is 5. The number of hydrogen-bond donors (Lipinski definition) is 0. The average molecular weight is 348 g/mol. The van der Waals surface area contributed by atoms with Crippen LogP contribution in [0.5, 0.6) is 5.75 Å². The van der Waals surface area contributed by atoms with Gasteiger partial charge in [0, 0.05) is 39.2 Å². The van der Waals surface area contributed by atoms with Gasteiger partial charge in [0.05, 0.1) is 13.2 Å². The van der Waals surface area contributed by atoms with Crippen LogP contribution in [-0.4, -0.2) is 75.4 Å². The van der Waals surface area contributed by atoms with E-state index in [2.05, 4.69) is 17.0 Å². The molecule has 138 valence electrons. The van der Waals surface area contributed by atoms with Crippen molar-refractivity contribution in [2.75, 3.05) is 53.7 Å². The highest BCUT2D eigenvalue weighted by Crippen LogP contribution is 2.26. The Kier molecular flexibility index (Phi) is 6.29. The van der Waals surface area contributed by atoms with Crippen LogP contribution in [0.25, 0.3) is 0 Å². The first-order valence-electron chi connectivity index (χ1n) is 8.94. The normalized spacial score (nSPS) is 24.7. The second kappa shape index (κ2) is 8.65. The molecule has 1 amide bonds. The zero-order valence-corrected chi connectivity index (χ0v) is 15.1. The largest absolute Gasteiger partial charge is 0.491 e. The number of piperidine rings is 1. The molecule has 6 heteroatoms. The summed E-state index contributed by atoms with van der Waals surface area (Å²) in [6.07, 6.45) is 1.07. The summed E-state index contributed by atoms with van der Waals surface area (Å²) >= 11 is 0. The molecule has 2 fully saturated rings. The molecule has 2 saturated heterocycles. The fourth-order valence-electron chi connectivity index (χ4n) is 3.60. The van der Waals surface area contributed by atoms with Crippen LogP contribution in [0.2, 0.25) is 0 Å². The first-order valence-corrected chi connectivity index (χ1v) is 8.94. The molecular weight excluding hydrogens is 320 g/mol. The molecule has 0 unspecified atom stereocenters. The molecule has 25 heavy (non-hydrogen) atoms. The van der Waals surface area contributed by atoms with E-state index in [-0.39, 0.29) is 18.6 Å². The van der Waals surface area contributed by atoms with Gasteiger partial charge in [-0.25, -0.2) is 0 Å². The molecule has 2 atom stereocenters. The minimum atomic E-state index is 0.0897. The molecule has 3 rings (SSSR count). The second-order valence-electron chi connectivity index (χ2n) is 6.86. The van der Waals surface area contributed by atoms with Crippen LogP contribution in [0.1, 0.15) is 12.0 Å². The fourth-order valence-corrected chi connectivity index (χ4v) is 3.60. The van der Waals surface area contributed by atoms with E-state index >= 15 is 0 Å². The van der Waals surface area contributed by atoms with E-state index in [0.29, 0.717) is 25.7 Å². The van der Waals surface area contributed by atoms with Crippen molar-refractivity contribution in [1.29, 1.82) is 0 Å². The number of carbonyl (C=O) groups is 1. The van der Waals surface area contributed by atoms with Crippen LogP contribution in [-0.2, 0) is 20.8 Å². The number of benzene rings is 1. The Morgan fingerprint density at radius 2 is 2.04 bits per heavy atom. The first-order chi connectivity index (χ1) is 12.2. The highest BCUT2D eigenvalue weighted by atomic mass is 16.5. The van der Waals surface area contributed by atoms with E-state index in [1.807, 2.05) is 24.1 Å². The summed E-state index contributed by atoms with van der Waals surface area (Å²) in [6.45, 7) is 4.91. The van der Waals surface area contributed by atoms with Crippen molar-refractivity contribution in [3.05, 3.63) is 29.8 Å². The van der Waals surface area contributed by atoms with Crippen LogP contribution in [0.4, 0.5) is 0 Å². The van der Waals surface area contributed by atoms with Gasteiger partial charge in [0.15, 0.2) is 0 Å². The van der Waals surface area contributed by atoms with Gasteiger partial charge in [0.1, 0.15) is 19.0 Å². The number of methoxy groups -OCH3 is 1. The SMILES string of the molecule is COCCOc1ccc(CN2CC[C@H]3COCC(=O)N(C)[C@H]3C2)cc1. The Bertz CT molecular complexity index is 563. The van der Waals surface area contributed by atoms with Gasteiger partial charge in [-0.15, -0.1) is 0 Å². The third kappa shape index (κ3) is 4.71. The van der Waals surface area contributed by atoms with Gasteiger partial charge in [-0.3, -0.25) is 9.69 Å². The molecular formula is C19H28N2O4. The molecule has 6 nitrogen and oxygen atoms in total. The van der Waals surface area contributed by atoms with Crippen LogP contribution < -0.4 is 4.74 Å². The Morgan fingerprint density at radius 3 is 2.80 bits per heavy atom. The zero-order chi connectivity index (χ0) is 17.6. The number of likely N-dealkylation sites (tertiary alicyclic amines) is 1. The summed E-state index contributed by atoms with van der Waals surface area (Å²) in [7, 11) is 3.57. The summed E-state index contributed by atoms with van der Waals surface area (Å²) < 4.78 is 16.1. The van der Waals surface area contributed by atoms with Gasteiger partial charge in [-0.05, 0) is 30.7 Å². The van der Waals surface area contributed by atoms with E-state index in [1.54, 1.807) is 7.11 Å². The van der Waals surface area contributed by atoms with Gasteiger partial charge < -0.3 is 19.1 Å². The van der Waals surface area contributed by atoms with Crippen molar-refractivity contribution in [2.45, 2.75) is 19.0 Å². The summed E-state index contributed by atoms with van der Waals surface area (Å²) in [5.41, 5.74) is 1.26. The van der Waals surface area contributed by atoms with Gasteiger partial charge in [-0.2, -0.15) is 0 Å². The maximum atomic E-state index is 12.0. The number of rotatable bonds is 6. The minimum Gasteiger partial charge on any atom is -0.491 e. The number of ether oxygens (including phenoxy) is 3. The fraction of sp³-hybridized carbons (Fsp3) is 0.632. The van der Waals surface area contributed by atoms with Crippen LogP contribution in [0.15, 0.2) is 24.3 Å². The van der Waals surface area contributed by atoms with Crippen molar-refractivity contribution in [3.63, 3.8) is 0 Å². The maximum Gasteiger partial charge on any atom is 0.248 e. The van der Waals surface area contributed by atoms with E-state index in [9.17, 15) is 4.79 Å². The third-order valence-electron chi connectivity index (χ3n) is 5.14. The quantitative estimate of drug-likeness (QED) is 0.727. The molecule has 0 aliphatic carbocycles. The van der Waals surface area contributed by atoms with Gasteiger partial charge in [0.25, 0.3) is 0 Å². The molecule has 1 aromatic carbocycles. The average Bonchev–Trinajstić information content (AvgIpc) is 2.76. The van der Waals surface area contributed by atoms with E-state index in [4.69, 9.17) is 14.2 Å². The molecule has 1 aromatic rings. The first kappa shape index (κ1) is 18.2. The lowest BCUT2D eigenvalue weighted by atomic mass is 9.91. The number of carbonyl (C=O) groups excluding carboxylic acids is 1. The molecule has 0 saturated carbocycles. The third-order valence-corrected chi connectivity index (χ3v) is 5.14. The zero-order valence-electron chi connectivity index (χ0n) is 15.1. The summed E-state index contributed by atoms with van der Waals surface area (Å²) in [5.74, 6) is 1.40. The standard InChI is InChI=1S/C19H28N2O4/c1-20-18-12-21(8-7-16(18)13-24-14-19(20)22)11-15-3-5-17(6-4-15)25-10-9-23-2/h3-6,16,18H,7-14H2,1-2H3/t16-,18-/m0/s1. The molecule has 2 aliphatic rings. The van der Waals surface area contributed by atoms with Gasteiger partial charge >= 0.3 is 0 Å². The topological polar surface area (TPSA) is 51.2 Å². The Balaban J connectivity index is 1.55. The lowest BCUT2D eigenvalue weighted by molar-refractivity contribution is -0.134. The van der Waals surface area contributed by atoms with Crippen LogP contribution in [0, 0.1) is 5.92 Å². The van der Waals surface area contributed by atoms with Crippen LogP contribution >= 0.6 is 0 Å². The van der Waals surface area contributed by atoms with Crippen molar-refractivity contribution in [1.82, 2.24) is 9.80 Å². The molecule has 2 aliphatic heterocycles. The summed E-state index contributed by atoms with van der Waals surface area (Å²) in [4.78, 5) is 16.4. The molecule has 0 N–H and O–H groups in total. The molecule has 0 bridgehead atoms. The maximum absolute atomic E-state index is 12.0. The summed E-state index contributed by atoms with van der Waals surface area (Å²) in [6, 6.07) is 8.48.